The highest BCUT2D eigenvalue weighted by Crippen LogP contribution is 2.64. The topological polar surface area (TPSA) is 37.3 Å². The van der Waals surface area contributed by atoms with E-state index in [9.17, 15) is 9.90 Å². The first kappa shape index (κ1) is 20.1. The number of fused-ring (bicyclic) bond motifs is 5. The summed E-state index contributed by atoms with van der Waals surface area (Å²) in [5.41, 5.74) is -0.623. The van der Waals surface area contributed by atoms with Gasteiger partial charge in [0.15, 0.2) is 0 Å². The number of hydrogen-bond acceptors (Lipinski definition) is 3. The van der Waals surface area contributed by atoms with Crippen LogP contribution in [0, 0.1) is 52.2 Å². The van der Waals surface area contributed by atoms with E-state index in [-0.39, 0.29) is 5.41 Å². The lowest BCUT2D eigenvalue weighted by Crippen LogP contribution is -2.51. The van der Waals surface area contributed by atoms with Crippen molar-refractivity contribution in [2.24, 2.45) is 40.9 Å². The lowest BCUT2D eigenvalue weighted by molar-refractivity contribution is -0.129. The molecule has 0 heterocycles. The van der Waals surface area contributed by atoms with Crippen LogP contribution in [0.4, 0.5) is 0 Å². The highest BCUT2D eigenvalue weighted by molar-refractivity contribution is 7.99. The van der Waals surface area contributed by atoms with Crippen LogP contribution >= 0.6 is 23.4 Å². The Bertz CT molecular complexity index is 654. The average Bonchev–Trinajstić information content (AvgIpc) is 2.98. The van der Waals surface area contributed by atoms with Crippen LogP contribution in [0.1, 0.15) is 64.7 Å². The van der Waals surface area contributed by atoms with E-state index in [4.69, 9.17) is 11.6 Å². The molecule has 2 nitrogen and oxygen atoms in total. The van der Waals surface area contributed by atoms with E-state index in [1.165, 1.54) is 32.1 Å². The van der Waals surface area contributed by atoms with Crippen LogP contribution in [0.25, 0.3) is 0 Å². The number of Topliss-reactive ketones (excluding diaryl/α,β-unsaturated/α-hetero) is 1. The van der Waals surface area contributed by atoms with E-state index in [1.807, 2.05) is 6.26 Å². The first-order chi connectivity index (χ1) is 12.9. The van der Waals surface area contributed by atoms with Crippen molar-refractivity contribution in [2.45, 2.75) is 70.3 Å². The third-order valence-electron chi connectivity index (χ3n) is 8.97. The minimum Gasteiger partial charge on any atom is -0.378 e. The quantitative estimate of drug-likeness (QED) is 0.658. The Hall–Kier alpha value is -0.170. The molecule has 0 aromatic rings. The third kappa shape index (κ3) is 3.38. The van der Waals surface area contributed by atoms with Crippen molar-refractivity contribution in [1.82, 2.24) is 0 Å². The van der Waals surface area contributed by atoms with Crippen molar-refractivity contribution >= 4 is 29.1 Å². The Morgan fingerprint density at radius 2 is 1.89 bits per heavy atom. The van der Waals surface area contributed by atoms with Gasteiger partial charge in [0, 0.05) is 11.3 Å². The van der Waals surface area contributed by atoms with Crippen LogP contribution in [0.2, 0.25) is 0 Å². The Morgan fingerprint density at radius 1 is 1.11 bits per heavy atom. The van der Waals surface area contributed by atoms with Gasteiger partial charge in [0.2, 0.25) is 0 Å². The van der Waals surface area contributed by atoms with Crippen molar-refractivity contribution in [2.75, 3.05) is 12.0 Å². The molecule has 0 aliphatic heterocycles. The summed E-state index contributed by atoms with van der Waals surface area (Å²) >= 11 is 7.28. The fourth-order valence-corrected chi connectivity index (χ4v) is 8.51. The predicted molar refractivity (Wildman–Crippen MR) is 113 cm³/mol. The van der Waals surface area contributed by atoms with Gasteiger partial charge in [0.25, 0.3) is 0 Å². The number of carbonyl (C=O) groups excluding carboxylic acids is 1. The van der Waals surface area contributed by atoms with Crippen molar-refractivity contribution in [3.63, 3.8) is 0 Å². The fraction of sp³-hybridized carbons (Fsp3) is 0.870. The molecule has 0 bridgehead atoms. The summed E-state index contributed by atoms with van der Waals surface area (Å²) in [7, 11) is 0. The third-order valence-corrected chi connectivity index (χ3v) is 9.63. The molecule has 0 radical (unpaired) electrons. The summed E-state index contributed by atoms with van der Waals surface area (Å²) in [6.45, 7) is 2.44. The Morgan fingerprint density at radius 3 is 2.63 bits per heavy atom. The maximum atomic E-state index is 12.8. The SMILES string of the molecule is CSCC(=O)[C@H]1CC[C@H]2[C@@H]3CC[C@@H]4C[C@](O)(C#CCl)CC[C@@H]4[C@H]3CC[C@]12C. The van der Waals surface area contributed by atoms with E-state index < -0.39 is 5.60 Å². The molecule has 27 heavy (non-hydrogen) atoms. The number of aliphatic hydroxyl groups is 1. The summed E-state index contributed by atoms with van der Waals surface area (Å²) in [5.74, 6) is 8.02. The molecule has 4 heteroatoms. The zero-order chi connectivity index (χ0) is 19.2. The first-order valence-corrected chi connectivity index (χ1v) is 12.6. The molecule has 8 atom stereocenters. The summed E-state index contributed by atoms with van der Waals surface area (Å²) in [6, 6.07) is 0. The molecule has 0 amide bonds. The fourth-order valence-electron chi connectivity index (χ4n) is 7.85. The lowest BCUT2D eigenvalue weighted by Gasteiger charge is -2.56. The Labute approximate surface area is 173 Å². The second kappa shape index (κ2) is 7.58. The van der Waals surface area contributed by atoms with E-state index in [0.29, 0.717) is 23.4 Å². The number of thioether (sulfide) groups is 1. The molecule has 4 fully saturated rings. The van der Waals surface area contributed by atoms with Gasteiger partial charge < -0.3 is 5.11 Å². The maximum absolute atomic E-state index is 12.8. The normalized spacial score (nSPS) is 48.6. The van der Waals surface area contributed by atoms with Crippen molar-refractivity contribution in [3.8, 4) is 11.3 Å². The summed E-state index contributed by atoms with van der Waals surface area (Å²) in [6.07, 6.45) is 12.1. The predicted octanol–water partition coefficient (Wildman–Crippen LogP) is 5.12. The van der Waals surface area contributed by atoms with E-state index >= 15 is 0 Å². The van der Waals surface area contributed by atoms with Crippen LogP contribution in [0.5, 0.6) is 0 Å². The number of halogens is 1. The zero-order valence-electron chi connectivity index (χ0n) is 16.7. The molecule has 0 spiro atoms. The van der Waals surface area contributed by atoms with Gasteiger partial charge in [-0.25, -0.2) is 0 Å². The lowest BCUT2D eigenvalue weighted by atomic mass is 9.49. The van der Waals surface area contributed by atoms with Gasteiger partial charge in [-0.2, -0.15) is 11.8 Å². The molecule has 0 aromatic heterocycles. The number of ketones is 1. The maximum Gasteiger partial charge on any atom is 0.146 e. The van der Waals surface area contributed by atoms with Crippen LogP contribution < -0.4 is 0 Å². The standard InChI is InChI=1S/C23H33ClO2S/c1-22-9-7-17-16-8-10-23(26,11-12-24)13-15(16)3-4-18(17)19(22)5-6-20(22)21(25)14-27-2/h15-20,26H,3-10,13-14H2,1-2H3/t15-,16+,17-,18-,19+,20-,22+,23-/m1/s1. The van der Waals surface area contributed by atoms with Crippen LogP contribution in [0.15, 0.2) is 0 Å². The van der Waals surface area contributed by atoms with Crippen LogP contribution in [-0.2, 0) is 4.79 Å². The second-order valence-corrected chi connectivity index (χ2v) is 11.1. The zero-order valence-corrected chi connectivity index (χ0v) is 18.2. The number of hydrogen-bond donors (Lipinski definition) is 1. The summed E-state index contributed by atoms with van der Waals surface area (Å²) in [4.78, 5) is 12.8. The monoisotopic (exact) mass is 408 g/mol. The van der Waals surface area contributed by atoms with Crippen molar-refractivity contribution < 1.29 is 9.90 Å². The molecular weight excluding hydrogens is 376 g/mol. The van der Waals surface area contributed by atoms with Gasteiger partial charge in [-0.15, -0.1) is 0 Å². The molecule has 4 aliphatic carbocycles. The van der Waals surface area contributed by atoms with E-state index in [0.717, 1.165) is 49.4 Å². The molecule has 4 saturated carbocycles. The molecule has 4 rings (SSSR count). The largest absolute Gasteiger partial charge is 0.378 e. The second-order valence-electron chi connectivity index (χ2n) is 10.0. The highest BCUT2D eigenvalue weighted by atomic mass is 35.5. The van der Waals surface area contributed by atoms with Crippen molar-refractivity contribution in [1.29, 1.82) is 0 Å². The summed E-state index contributed by atoms with van der Waals surface area (Å²) < 4.78 is 0. The minimum atomic E-state index is -0.859. The number of carbonyl (C=O) groups is 1. The molecular formula is C23H33ClO2S. The molecule has 1 N–H and O–H groups in total. The van der Waals surface area contributed by atoms with Crippen LogP contribution in [0.3, 0.4) is 0 Å². The molecule has 4 aliphatic rings. The van der Waals surface area contributed by atoms with E-state index in [2.05, 4.69) is 18.2 Å². The van der Waals surface area contributed by atoms with Gasteiger partial charge in [-0.3, -0.25) is 4.79 Å². The molecule has 0 aromatic carbocycles. The first-order valence-electron chi connectivity index (χ1n) is 10.8. The van der Waals surface area contributed by atoms with Gasteiger partial charge in [-0.1, -0.05) is 12.8 Å². The molecule has 0 saturated heterocycles. The Kier molecular flexibility index (Phi) is 5.65. The summed E-state index contributed by atoms with van der Waals surface area (Å²) in [5, 5.41) is 13.2. The number of rotatable bonds is 3. The van der Waals surface area contributed by atoms with E-state index in [1.54, 1.807) is 11.8 Å². The average molecular weight is 409 g/mol. The van der Waals surface area contributed by atoms with Gasteiger partial charge >= 0.3 is 0 Å². The highest BCUT2D eigenvalue weighted by Gasteiger charge is 2.58. The van der Waals surface area contributed by atoms with Crippen LogP contribution in [-0.4, -0.2) is 28.5 Å². The minimum absolute atomic E-state index is 0.236. The smallest absolute Gasteiger partial charge is 0.146 e. The van der Waals surface area contributed by atoms with Crippen molar-refractivity contribution in [3.05, 3.63) is 0 Å². The Balaban J connectivity index is 1.50. The van der Waals surface area contributed by atoms with Gasteiger partial charge in [0.05, 0.1) is 5.75 Å². The molecule has 0 unspecified atom stereocenters. The van der Waals surface area contributed by atoms with Gasteiger partial charge in [0.1, 0.15) is 11.4 Å². The van der Waals surface area contributed by atoms with Gasteiger partial charge in [-0.05, 0) is 111 Å². The molecule has 150 valence electrons.